The Morgan fingerprint density at radius 2 is 1.67 bits per heavy atom. The minimum absolute atomic E-state index is 0.0303. The molecule has 0 aliphatic heterocycles. The SMILES string of the molecule is O=C(O)Oc1sc(-c2ccccc2)cc1NS(=O)(=O)c1c(Cl)cccc1Cl. The number of carboxylic acid groups (broad SMARTS) is 1. The van der Waals surface area contributed by atoms with Crippen LogP contribution in [0, 0.1) is 0 Å². The zero-order valence-electron chi connectivity index (χ0n) is 13.3. The molecule has 1 aromatic heterocycles. The van der Waals surface area contributed by atoms with Gasteiger partial charge in [0.05, 0.1) is 10.0 Å². The number of rotatable bonds is 5. The molecule has 3 rings (SSSR count). The number of halogens is 2. The Morgan fingerprint density at radius 1 is 1.04 bits per heavy atom. The van der Waals surface area contributed by atoms with Gasteiger partial charge in [0.15, 0.2) is 0 Å². The zero-order valence-corrected chi connectivity index (χ0v) is 16.5. The lowest BCUT2D eigenvalue weighted by Crippen LogP contribution is -2.14. The highest BCUT2D eigenvalue weighted by Gasteiger charge is 2.25. The molecule has 1 heterocycles. The van der Waals surface area contributed by atoms with Crippen molar-refractivity contribution in [1.82, 2.24) is 0 Å². The zero-order chi connectivity index (χ0) is 19.6. The van der Waals surface area contributed by atoms with Gasteiger partial charge in [0.25, 0.3) is 10.0 Å². The number of sulfonamides is 1. The molecule has 0 spiro atoms. The first-order valence-corrected chi connectivity index (χ1v) is 10.4. The molecular formula is C17H11Cl2NO5S2. The van der Waals surface area contributed by atoms with E-state index in [1.165, 1.54) is 24.3 Å². The Bertz CT molecular complexity index is 1080. The summed E-state index contributed by atoms with van der Waals surface area (Å²) in [6.07, 6.45) is -1.56. The second-order valence-electron chi connectivity index (χ2n) is 5.20. The third kappa shape index (κ3) is 4.36. The first-order valence-electron chi connectivity index (χ1n) is 7.35. The third-order valence-corrected chi connectivity index (χ3v) is 6.75. The van der Waals surface area contributed by atoms with E-state index in [9.17, 15) is 13.2 Å². The van der Waals surface area contributed by atoms with Crippen molar-refractivity contribution in [3.05, 3.63) is 64.6 Å². The molecule has 140 valence electrons. The summed E-state index contributed by atoms with van der Waals surface area (Å²) in [6.45, 7) is 0. The van der Waals surface area contributed by atoms with E-state index in [4.69, 9.17) is 33.0 Å². The fraction of sp³-hybridized carbons (Fsp3) is 0. The predicted molar refractivity (Wildman–Crippen MR) is 106 cm³/mol. The third-order valence-electron chi connectivity index (χ3n) is 3.37. The molecule has 6 nitrogen and oxygen atoms in total. The number of anilines is 1. The van der Waals surface area contributed by atoms with Crippen LogP contribution in [0.15, 0.2) is 59.5 Å². The summed E-state index contributed by atoms with van der Waals surface area (Å²) in [5, 5.41) is 8.70. The topological polar surface area (TPSA) is 92.7 Å². The van der Waals surface area contributed by atoms with E-state index in [0.29, 0.717) is 4.88 Å². The molecule has 2 aromatic carbocycles. The lowest BCUT2D eigenvalue weighted by Gasteiger charge is -2.10. The molecule has 27 heavy (non-hydrogen) atoms. The molecule has 0 bridgehead atoms. The highest BCUT2D eigenvalue weighted by atomic mass is 35.5. The molecule has 10 heteroatoms. The average molecular weight is 444 g/mol. The van der Waals surface area contributed by atoms with Crippen LogP contribution in [-0.2, 0) is 10.0 Å². The first-order chi connectivity index (χ1) is 12.8. The first kappa shape index (κ1) is 19.5. The molecule has 0 atom stereocenters. The van der Waals surface area contributed by atoms with Crippen LogP contribution in [0.1, 0.15) is 0 Å². The Labute approximate surface area is 169 Å². The van der Waals surface area contributed by atoms with Crippen molar-refractivity contribution >= 4 is 56.4 Å². The lowest BCUT2D eigenvalue weighted by atomic mass is 10.2. The van der Waals surface area contributed by atoms with E-state index in [-0.39, 0.29) is 25.7 Å². The molecule has 0 radical (unpaired) electrons. The Morgan fingerprint density at radius 3 is 2.26 bits per heavy atom. The molecule has 0 amide bonds. The molecule has 0 saturated carbocycles. The van der Waals surface area contributed by atoms with Crippen LogP contribution in [0.2, 0.25) is 10.0 Å². The number of thiophene rings is 1. The summed E-state index contributed by atoms with van der Waals surface area (Å²) < 4.78 is 32.5. The van der Waals surface area contributed by atoms with Gasteiger partial charge in [-0.3, -0.25) is 4.72 Å². The molecule has 3 aromatic rings. The number of nitrogens with one attached hydrogen (secondary N) is 1. The van der Waals surface area contributed by atoms with E-state index < -0.39 is 16.2 Å². The second kappa shape index (κ2) is 7.77. The van der Waals surface area contributed by atoms with Crippen molar-refractivity contribution in [3.8, 4) is 15.5 Å². The van der Waals surface area contributed by atoms with Crippen LogP contribution in [0.3, 0.4) is 0 Å². The number of hydrogen-bond acceptors (Lipinski definition) is 5. The standard InChI is InChI=1S/C17H11Cl2NO5S2/c18-11-7-4-8-12(19)15(11)27(23,24)20-13-9-14(10-5-2-1-3-6-10)26-16(13)25-17(21)22/h1-9,20H,(H,21,22). The molecule has 0 fully saturated rings. The summed E-state index contributed by atoms with van der Waals surface area (Å²) in [6, 6.07) is 14.8. The van der Waals surface area contributed by atoms with Crippen molar-refractivity contribution in [2.45, 2.75) is 4.90 Å². The maximum Gasteiger partial charge on any atom is 0.512 e. The van der Waals surface area contributed by atoms with E-state index in [2.05, 4.69) is 4.72 Å². The monoisotopic (exact) mass is 443 g/mol. The predicted octanol–water partition coefficient (Wildman–Crippen LogP) is 5.58. The van der Waals surface area contributed by atoms with E-state index in [1.54, 1.807) is 24.3 Å². The Kier molecular flexibility index (Phi) is 5.61. The maximum atomic E-state index is 12.7. The number of carbonyl (C=O) groups is 1. The summed E-state index contributed by atoms with van der Waals surface area (Å²) in [7, 11) is -4.18. The van der Waals surface area contributed by atoms with Crippen LogP contribution in [0.5, 0.6) is 5.06 Å². The minimum atomic E-state index is -4.18. The number of ether oxygens (including phenoxy) is 1. The Hall–Kier alpha value is -2.26. The smallest absolute Gasteiger partial charge is 0.449 e. The van der Waals surface area contributed by atoms with Gasteiger partial charge < -0.3 is 9.84 Å². The van der Waals surface area contributed by atoms with Gasteiger partial charge in [-0.25, -0.2) is 13.2 Å². The summed E-state index contributed by atoms with van der Waals surface area (Å²) >= 11 is 12.9. The van der Waals surface area contributed by atoms with Gasteiger partial charge in [0.1, 0.15) is 10.6 Å². The van der Waals surface area contributed by atoms with Crippen molar-refractivity contribution in [2.75, 3.05) is 4.72 Å². The molecule has 0 aliphatic carbocycles. The van der Waals surface area contributed by atoms with Crippen LogP contribution in [0.25, 0.3) is 10.4 Å². The van der Waals surface area contributed by atoms with Crippen LogP contribution >= 0.6 is 34.5 Å². The fourth-order valence-corrected chi connectivity index (χ4v) is 5.51. The minimum Gasteiger partial charge on any atom is -0.449 e. The largest absolute Gasteiger partial charge is 0.512 e. The molecule has 0 aliphatic rings. The van der Waals surface area contributed by atoms with Crippen LogP contribution in [-0.4, -0.2) is 19.7 Å². The van der Waals surface area contributed by atoms with Gasteiger partial charge in [-0.15, -0.1) is 0 Å². The fourth-order valence-electron chi connectivity index (χ4n) is 2.28. The van der Waals surface area contributed by atoms with Gasteiger partial charge in [-0.2, -0.15) is 0 Å². The van der Waals surface area contributed by atoms with Gasteiger partial charge >= 0.3 is 6.16 Å². The highest BCUT2D eigenvalue weighted by molar-refractivity contribution is 7.93. The summed E-state index contributed by atoms with van der Waals surface area (Å²) in [5.41, 5.74) is 0.746. The van der Waals surface area contributed by atoms with Crippen LogP contribution in [0.4, 0.5) is 10.5 Å². The molecular weight excluding hydrogens is 433 g/mol. The van der Waals surface area contributed by atoms with Crippen molar-refractivity contribution in [1.29, 1.82) is 0 Å². The summed E-state index contributed by atoms with van der Waals surface area (Å²) in [4.78, 5) is 11.3. The Balaban J connectivity index is 2.05. The van der Waals surface area contributed by atoms with Crippen molar-refractivity contribution in [2.24, 2.45) is 0 Å². The van der Waals surface area contributed by atoms with Crippen molar-refractivity contribution in [3.63, 3.8) is 0 Å². The molecule has 0 saturated heterocycles. The lowest BCUT2D eigenvalue weighted by molar-refractivity contribution is 0.146. The second-order valence-corrected chi connectivity index (χ2v) is 8.65. The van der Waals surface area contributed by atoms with Gasteiger partial charge in [0.2, 0.25) is 5.06 Å². The molecule has 2 N–H and O–H groups in total. The average Bonchev–Trinajstić information content (AvgIpc) is 2.96. The quantitative estimate of drug-likeness (QED) is 0.502. The number of benzene rings is 2. The van der Waals surface area contributed by atoms with E-state index in [0.717, 1.165) is 16.9 Å². The van der Waals surface area contributed by atoms with E-state index >= 15 is 0 Å². The summed E-state index contributed by atoms with van der Waals surface area (Å²) in [5.74, 6) is 0. The highest BCUT2D eigenvalue weighted by Crippen LogP contribution is 2.42. The normalized spacial score (nSPS) is 11.2. The van der Waals surface area contributed by atoms with Crippen LogP contribution < -0.4 is 9.46 Å². The van der Waals surface area contributed by atoms with Crippen molar-refractivity contribution < 1.29 is 23.1 Å². The van der Waals surface area contributed by atoms with E-state index in [1.807, 2.05) is 6.07 Å². The van der Waals surface area contributed by atoms with Gasteiger partial charge in [-0.1, -0.05) is 70.9 Å². The van der Waals surface area contributed by atoms with Gasteiger partial charge in [-0.05, 0) is 23.8 Å². The number of hydrogen-bond donors (Lipinski definition) is 2. The molecule has 0 unspecified atom stereocenters. The maximum absolute atomic E-state index is 12.7. The van der Waals surface area contributed by atoms with Gasteiger partial charge in [0, 0.05) is 4.88 Å².